The number of amides is 1. The normalized spacial score (nSPS) is 15.4. The van der Waals surface area contributed by atoms with Gasteiger partial charge >= 0.3 is 0 Å². The molecule has 2 aromatic carbocycles. The van der Waals surface area contributed by atoms with Crippen LogP contribution >= 0.6 is 11.8 Å². The average molecular weight is 467 g/mol. The molecule has 9 nitrogen and oxygen atoms in total. The Bertz CT molecular complexity index is 1110. The zero-order valence-corrected chi connectivity index (χ0v) is 19.4. The Morgan fingerprint density at radius 1 is 1.06 bits per heavy atom. The third-order valence-electron chi connectivity index (χ3n) is 5.75. The van der Waals surface area contributed by atoms with Crippen molar-refractivity contribution < 1.29 is 9.72 Å². The summed E-state index contributed by atoms with van der Waals surface area (Å²) < 4.78 is 1.89. The summed E-state index contributed by atoms with van der Waals surface area (Å²) in [5, 5.41) is 20.1. The van der Waals surface area contributed by atoms with Gasteiger partial charge in [-0.1, -0.05) is 36.9 Å². The second-order valence-electron chi connectivity index (χ2n) is 7.80. The molecule has 33 heavy (non-hydrogen) atoms. The lowest BCUT2D eigenvalue weighted by molar-refractivity contribution is -0.384. The first-order valence-electron chi connectivity index (χ1n) is 10.9. The minimum Gasteiger partial charge on any atom is -0.339 e. The van der Waals surface area contributed by atoms with Gasteiger partial charge in [0, 0.05) is 49.6 Å². The number of para-hydroxylation sites is 1. The van der Waals surface area contributed by atoms with E-state index in [0.717, 1.165) is 38.4 Å². The van der Waals surface area contributed by atoms with E-state index in [1.165, 1.54) is 23.9 Å². The number of hydrogen-bond donors (Lipinski definition) is 0. The number of carbonyl (C=O) groups is 1. The lowest BCUT2D eigenvalue weighted by Gasteiger charge is -2.35. The van der Waals surface area contributed by atoms with Crippen LogP contribution in [-0.4, -0.2) is 73.4 Å². The van der Waals surface area contributed by atoms with Crippen molar-refractivity contribution in [2.24, 2.45) is 0 Å². The molecule has 1 atom stereocenters. The molecule has 2 heterocycles. The molecule has 172 valence electrons. The fraction of sp³-hybridized carbons (Fsp3) is 0.348. The van der Waals surface area contributed by atoms with Crippen molar-refractivity contribution in [3.05, 3.63) is 64.7 Å². The number of hydrogen-bond acceptors (Lipinski definition) is 7. The Morgan fingerprint density at radius 2 is 1.73 bits per heavy atom. The van der Waals surface area contributed by atoms with E-state index in [0.29, 0.717) is 16.5 Å². The standard InChI is InChI=1S/C23H26N6O3S/c1-3-26-13-15-27(16-14-26)22(30)17(2)33-23-25-24-21(28(23)19-7-5-4-6-8-19)18-9-11-20(12-10-18)29(31)32/h4-12,17H,3,13-16H2,1-2H3. The lowest BCUT2D eigenvalue weighted by atomic mass is 10.2. The van der Waals surface area contributed by atoms with E-state index in [-0.39, 0.29) is 16.8 Å². The van der Waals surface area contributed by atoms with Crippen LogP contribution in [0.15, 0.2) is 59.8 Å². The van der Waals surface area contributed by atoms with E-state index in [4.69, 9.17) is 0 Å². The van der Waals surface area contributed by atoms with Crippen LogP contribution < -0.4 is 0 Å². The Labute approximate surface area is 196 Å². The number of non-ortho nitro benzene ring substituents is 1. The zero-order valence-electron chi connectivity index (χ0n) is 18.6. The number of carbonyl (C=O) groups excluding carboxylic acids is 1. The van der Waals surface area contributed by atoms with E-state index in [9.17, 15) is 14.9 Å². The molecular weight excluding hydrogens is 440 g/mol. The molecule has 1 aliphatic heterocycles. The van der Waals surface area contributed by atoms with Gasteiger partial charge in [0.05, 0.1) is 10.2 Å². The van der Waals surface area contributed by atoms with Crippen molar-refractivity contribution in [3.63, 3.8) is 0 Å². The highest BCUT2D eigenvalue weighted by molar-refractivity contribution is 8.00. The van der Waals surface area contributed by atoms with E-state index >= 15 is 0 Å². The molecule has 4 rings (SSSR count). The molecule has 10 heteroatoms. The van der Waals surface area contributed by atoms with Crippen LogP contribution in [0.25, 0.3) is 17.1 Å². The Kier molecular flexibility index (Phi) is 7.05. The highest BCUT2D eigenvalue weighted by Gasteiger charge is 2.27. The van der Waals surface area contributed by atoms with Gasteiger partial charge in [-0.15, -0.1) is 10.2 Å². The Morgan fingerprint density at radius 3 is 2.33 bits per heavy atom. The number of thioether (sulfide) groups is 1. The van der Waals surface area contributed by atoms with Crippen LogP contribution in [-0.2, 0) is 4.79 Å². The molecular formula is C23H26N6O3S. The second kappa shape index (κ2) is 10.1. The predicted molar refractivity (Wildman–Crippen MR) is 127 cm³/mol. The van der Waals surface area contributed by atoms with E-state index in [1.54, 1.807) is 12.1 Å². The van der Waals surface area contributed by atoms with E-state index in [1.807, 2.05) is 46.7 Å². The lowest BCUT2D eigenvalue weighted by Crippen LogP contribution is -2.50. The number of nitro benzene ring substituents is 1. The monoisotopic (exact) mass is 466 g/mol. The number of nitro groups is 1. The highest BCUT2D eigenvalue weighted by Crippen LogP contribution is 2.31. The molecule has 1 unspecified atom stereocenters. The van der Waals surface area contributed by atoms with Crippen molar-refractivity contribution in [2.75, 3.05) is 32.7 Å². The zero-order chi connectivity index (χ0) is 23.4. The fourth-order valence-electron chi connectivity index (χ4n) is 3.83. The van der Waals surface area contributed by atoms with E-state index < -0.39 is 4.92 Å². The smallest absolute Gasteiger partial charge is 0.269 e. The third kappa shape index (κ3) is 5.07. The van der Waals surface area contributed by atoms with Crippen LogP contribution in [0.2, 0.25) is 0 Å². The quantitative estimate of drug-likeness (QED) is 0.299. The van der Waals surface area contributed by atoms with Gasteiger partial charge < -0.3 is 9.80 Å². The molecule has 0 radical (unpaired) electrons. The molecule has 0 aliphatic carbocycles. The third-order valence-corrected chi connectivity index (χ3v) is 6.78. The molecule has 0 spiro atoms. The molecule has 1 amide bonds. The Balaban J connectivity index is 1.60. The summed E-state index contributed by atoms with van der Waals surface area (Å²) in [6.07, 6.45) is 0. The molecule has 0 bridgehead atoms. The molecule has 0 saturated carbocycles. The first-order chi connectivity index (χ1) is 16.0. The SMILES string of the molecule is CCN1CCN(C(=O)C(C)Sc2nnc(-c3ccc([N+](=O)[O-])cc3)n2-c2ccccc2)CC1. The van der Waals surface area contributed by atoms with Gasteiger partial charge in [-0.3, -0.25) is 19.5 Å². The minimum atomic E-state index is -0.430. The van der Waals surface area contributed by atoms with Gasteiger partial charge in [-0.25, -0.2) is 0 Å². The van der Waals surface area contributed by atoms with Crippen molar-refractivity contribution in [1.82, 2.24) is 24.6 Å². The molecule has 0 N–H and O–H groups in total. The maximum absolute atomic E-state index is 13.1. The Hall–Kier alpha value is -3.24. The van der Waals surface area contributed by atoms with E-state index in [2.05, 4.69) is 22.0 Å². The molecule has 1 aromatic heterocycles. The molecule has 1 aliphatic rings. The summed E-state index contributed by atoms with van der Waals surface area (Å²) in [7, 11) is 0. The number of likely N-dealkylation sites (N-methyl/N-ethyl adjacent to an activating group) is 1. The molecule has 3 aromatic rings. The summed E-state index contributed by atoms with van der Waals surface area (Å²) in [6, 6.07) is 15.9. The van der Waals surface area contributed by atoms with Gasteiger partial charge in [-0.05, 0) is 37.7 Å². The number of rotatable bonds is 7. The summed E-state index contributed by atoms with van der Waals surface area (Å²) in [5.74, 6) is 0.657. The van der Waals surface area contributed by atoms with Crippen LogP contribution in [0.3, 0.4) is 0 Å². The topological polar surface area (TPSA) is 97.4 Å². The van der Waals surface area contributed by atoms with Crippen molar-refractivity contribution in [3.8, 4) is 17.1 Å². The maximum Gasteiger partial charge on any atom is 0.269 e. The first kappa shape index (κ1) is 22.9. The maximum atomic E-state index is 13.1. The van der Waals surface area contributed by atoms with Gasteiger partial charge in [0.2, 0.25) is 5.91 Å². The summed E-state index contributed by atoms with van der Waals surface area (Å²) in [4.78, 5) is 27.9. The predicted octanol–water partition coefficient (Wildman–Crippen LogP) is 3.49. The minimum absolute atomic E-state index is 0.0153. The second-order valence-corrected chi connectivity index (χ2v) is 9.11. The summed E-state index contributed by atoms with van der Waals surface area (Å²) in [6.45, 7) is 8.28. The van der Waals surface area contributed by atoms with Crippen LogP contribution in [0.5, 0.6) is 0 Å². The number of benzene rings is 2. The van der Waals surface area contributed by atoms with Crippen LogP contribution in [0.4, 0.5) is 5.69 Å². The fourth-order valence-corrected chi connectivity index (χ4v) is 4.78. The van der Waals surface area contributed by atoms with Crippen LogP contribution in [0.1, 0.15) is 13.8 Å². The number of nitrogens with zero attached hydrogens (tertiary/aromatic N) is 6. The first-order valence-corrected chi connectivity index (χ1v) is 11.8. The van der Waals surface area contributed by atoms with Crippen molar-refractivity contribution in [1.29, 1.82) is 0 Å². The highest BCUT2D eigenvalue weighted by atomic mass is 32.2. The van der Waals surface area contributed by atoms with Crippen LogP contribution in [0, 0.1) is 10.1 Å². The number of aromatic nitrogens is 3. The van der Waals surface area contributed by atoms with Gasteiger partial charge in [0.15, 0.2) is 11.0 Å². The van der Waals surface area contributed by atoms with Gasteiger partial charge in [0.1, 0.15) is 0 Å². The largest absolute Gasteiger partial charge is 0.339 e. The van der Waals surface area contributed by atoms with Gasteiger partial charge in [0.25, 0.3) is 5.69 Å². The van der Waals surface area contributed by atoms with Crippen molar-refractivity contribution >= 4 is 23.4 Å². The average Bonchev–Trinajstić information content (AvgIpc) is 3.27. The molecule has 1 fully saturated rings. The summed E-state index contributed by atoms with van der Waals surface area (Å²) in [5.41, 5.74) is 1.58. The number of piperazine rings is 1. The summed E-state index contributed by atoms with van der Waals surface area (Å²) >= 11 is 1.37. The molecule has 1 saturated heterocycles. The van der Waals surface area contributed by atoms with Crippen molar-refractivity contribution in [2.45, 2.75) is 24.3 Å². The van der Waals surface area contributed by atoms with Gasteiger partial charge in [-0.2, -0.15) is 0 Å².